The van der Waals surface area contributed by atoms with Crippen molar-refractivity contribution in [1.82, 2.24) is 20.5 Å². The zero-order valence-electron chi connectivity index (χ0n) is 17.7. The molecule has 0 radical (unpaired) electrons. The monoisotopic (exact) mass is 404 g/mol. The third-order valence-electron chi connectivity index (χ3n) is 5.66. The maximum absolute atomic E-state index is 12.7. The average molecular weight is 405 g/mol. The topological polar surface area (TPSA) is 104 Å². The molecule has 0 spiro atoms. The Morgan fingerprint density at radius 1 is 1.21 bits per heavy atom. The van der Waals surface area contributed by atoms with Crippen molar-refractivity contribution < 1.29 is 19.1 Å². The molecule has 1 aromatic heterocycles. The largest absolute Gasteiger partial charge is 0.444 e. The van der Waals surface area contributed by atoms with Crippen LogP contribution in [0.4, 0.5) is 4.79 Å². The van der Waals surface area contributed by atoms with Gasteiger partial charge in [-0.3, -0.25) is 9.59 Å². The number of H-pyrrole nitrogens is 1. The number of carbonyl (C=O) groups is 3. The molecule has 2 atom stereocenters. The van der Waals surface area contributed by atoms with E-state index in [0.717, 1.165) is 18.5 Å². The Hall–Kier alpha value is -2.51. The zero-order chi connectivity index (χ0) is 21.2. The predicted octanol–water partition coefficient (Wildman–Crippen LogP) is 2.35. The lowest BCUT2D eigenvalue weighted by Crippen LogP contribution is -2.60. The third-order valence-corrected chi connectivity index (χ3v) is 5.66. The molecule has 3 N–H and O–H groups in total. The van der Waals surface area contributed by atoms with Gasteiger partial charge in [0, 0.05) is 31.4 Å². The smallest absolute Gasteiger partial charge is 0.410 e. The van der Waals surface area contributed by atoms with E-state index in [9.17, 15) is 14.4 Å². The maximum atomic E-state index is 12.7. The Kier molecular flexibility index (Phi) is 6.19. The number of nitrogens with one attached hydrogen (secondary N) is 3. The van der Waals surface area contributed by atoms with Gasteiger partial charge in [-0.05, 0) is 58.9 Å². The summed E-state index contributed by atoms with van der Waals surface area (Å²) in [6.45, 7) is 8.60. The van der Waals surface area contributed by atoms with Crippen LogP contribution in [-0.2, 0) is 9.53 Å². The van der Waals surface area contributed by atoms with E-state index in [0.29, 0.717) is 31.5 Å². The van der Waals surface area contributed by atoms with Gasteiger partial charge >= 0.3 is 6.09 Å². The number of hydrogen-bond donors (Lipinski definition) is 3. The van der Waals surface area contributed by atoms with Crippen molar-refractivity contribution in [1.29, 1.82) is 0 Å². The van der Waals surface area contributed by atoms with Crippen LogP contribution in [0.25, 0.3) is 0 Å². The quantitative estimate of drug-likeness (QED) is 0.719. The zero-order valence-corrected chi connectivity index (χ0v) is 17.7. The standard InChI is InChI=1S/C21H32N4O4/c1-13-15(7-10-22-13)19(27)23-16-5-6-17(26)24-18(16)14-8-11-25(12-9-14)20(28)29-21(2,3)4/h7,10,14,16,18,22H,5-6,8-9,11-12H2,1-4H3,(H,23,27)(H,24,26)/t16-,18+/m1/s1. The van der Waals surface area contributed by atoms with Gasteiger partial charge in [-0.1, -0.05) is 0 Å². The number of hydrogen-bond acceptors (Lipinski definition) is 4. The van der Waals surface area contributed by atoms with Gasteiger partial charge in [-0.25, -0.2) is 4.79 Å². The fourth-order valence-electron chi connectivity index (χ4n) is 4.15. The number of carbonyl (C=O) groups excluding carboxylic acids is 3. The maximum Gasteiger partial charge on any atom is 0.410 e. The Labute approximate surface area is 171 Å². The summed E-state index contributed by atoms with van der Waals surface area (Å²) in [5.41, 5.74) is 0.932. The van der Waals surface area contributed by atoms with E-state index >= 15 is 0 Å². The van der Waals surface area contributed by atoms with Gasteiger partial charge in [0.15, 0.2) is 0 Å². The molecule has 0 bridgehead atoms. The van der Waals surface area contributed by atoms with Crippen LogP contribution in [0.2, 0.25) is 0 Å². The first-order valence-electron chi connectivity index (χ1n) is 10.4. The highest BCUT2D eigenvalue weighted by Gasteiger charge is 2.38. The third kappa shape index (κ3) is 5.31. The summed E-state index contributed by atoms with van der Waals surface area (Å²) in [5.74, 6) is 0.101. The summed E-state index contributed by atoms with van der Waals surface area (Å²) in [4.78, 5) is 41.8. The molecular weight excluding hydrogens is 372 g/mol. The molecule has 3 heterocycles. The molecular formula is C21H32N4O4. The van der Waals surface area contributed by atoms with E-state index in [2.05, 4.69) is 15.6 Å². The molecule has 8 nitrogen and oxygen atoms in total. The second-order valence-corrected chi connectivity index (χ2v) is 9.03. The second kappa shape index (κ2) is 8.47. The van der Waals surface area contributed by atoms with Crippen LogP contribution in [0.15, 0.2) is 12.3 Å². The van der Waals surface area contributed by atoms with Gasteiger partial charge < -0.3 is 25.3 Å². The van der Waals surface area contributed by atoms with Gasteiger partial charge in [-0.2, -0.15) is 0 Å². The summed E-state index contributed by atoms with van der Waals surface area (Å²) >= 11 is 0. The van der Waals surface area contributed by atoms with Crippen molar-refractivity contribution in [2.75, 3.05) is 13.1 Å². The van der Waals surface area contributed by atoms with Crippen molar-refractivity contribution in [3.05, 3.63) is 23.5 Å². The highest BCUT2D eigenvalue weighted by molar-refractivity contribution is 5.95. The SMILES string of the molecule is Cc1[nH]ccc1C(=O)N[C@@H]1CCC(=O)N[C@H]1C1CCN(C(=O)OC(C)(C)C)CC1. The number of amides is 3. The van der Waals surface area contributed by atoms with Crippen LogP contribution in [0, 0.1) is 12.8 Å². The molecule has 0 unspecified atom stereocenters. The molecule has 0 aromatic carbocycles. The number of piperidine rings is 2. The minimum absolute atomic E-state index is 0.0212. The Bertz CT molecular complexity index is 759. The molecule has 29 heavy (non-hydrogen) atoms. The van der Waals surface area contributed by atoms with Crippen LogP contribution in [-0.4, -0.2) is 58.6 Å². The van der Waals surface area contributed by atoms with Gasteiger partial charge in [0.25, 0.3) is 5.91 Å². The number of aromatic nitrogens is 1. The minimum Gasteiger partial charge on any atom is -0.444 e. The van der Waals surface area contributed by atoms with E-state index in [1.807, 2.05) is 27.7 Å². The Morgan fingerprint density at radius 2 is 1.90 bits per heavy atom. The molecule has 8 heteroatoms. The van der Waals surface area contributed by atoms with Gasteiger partial charge in [0.2, 0.25) is 5.91 Å². The molecule has 0 saturated carbocycles. The number of nitrogens with zero attached hydrogens (tertiary/aromatic N) is 1. The molecule has 160 valence electrons. The Balaban J connectivity index is 1.61. The molecule has 0 aliphatic carbocycles. The molecule has 3 rings (SSSR count). The summed E-state index contributed by atoms with van der Waals surface area (Å²) in [5, 5.41) is 6.20. The summed E-state index contributed by atoms with van der Waals surface area (Å²) < 4.78 is 5.46. The first-order chi connectivity index (χ1) is 13.6. The molecule has 1 aromatic rings. The van der Waals surface area contributed by atoms with E-state index in [1.54, 1.807) is 17.2 Å². The molecule has 3 amide bonds. The van der Waals surface area contributed by atoms with Crippen LogP contribution in [0.3, 0.4) is 0 Å². The second-order valence-electron chi connectivity index (χ2n) is 9.03. The summed E-state index contributed by atoms with van der Waals surface area (Å²) in [7, 11) is 0. The number of likely N-dealkylation sites (tertiary alicyclic amines) is 1. The van der Waals surface area contributed by atoms with E-state index < -0.39 is 5.60 Å². The van der Waals surface area contributed by atoms with Crippen molar-refractivity contribution in [2.45, 2.75) is 71.1 Å². The highest BCUT2D eigenvalue weighted by atomic mass is 16.6. The van der Waals surface area contributed by atoms with Crippen LogP contribution >= 0.6 is 0 Å². The summed E-state index contributed by atoms with van der Waals surface area (Å²) in [6.07, 6.45) is 4.01. The van der Waals surface area contributed by atoms with Crippen molar-refractivity contribution in [2.24, 2.45) is 5.92 Å². The summed E-state index contributed by atoms with van der Waals surface area (Å²) in [6, 6.07) is 1.52. The van der Waals surface area contributed by atoms with Crippen molar-refractivity contribution in [3.8, 4) is 0 Å². The van der Waals surface area contributed by atoms with E-state index in [4.69, 9.17) is 4.74 Å². The van der Waals surface area contributed by atoms with E-state index in [1.165, 1.54) is 0 Å². The predicted molar refractivity (Wildman–Crippen MR) is 108 cm³/mol. The fourth-order valence-corrected chi connectivity index (χ4v) is 4.15. The molecule has 2 saturated heterocycles. The van der Waals surface area contributed by atoms with Gasteiger partial charge in [-0.15, -0.1) is 0 Å². The van der Waals surface area contributed by atoms with Crippen molar-refractivity contribution >= 4 is 17.9 Å². The average Bonchev–Trinajstić information content (AvgIpc) is 3.08. The number of rotatable bonds is 3. The normalized spacial score (nSPS) is 23.4. The number of aromatic amines is 1. The Morgan fingerprint density at radius 3 is 2.48 bits per heavy atom. The molecule has 2 fully saturated rings. The first-order valence-corrected chi connectivity index (χ1v) is 10.4. The van der Waals surface area contributed by atoms with E-state index in [-0.39, 0.29) is 35.9 Å². The van der Waals surface area contributed by atoms with Gasteiger partial charge in [0.05, 0.1) is 17.6 Å². The van der Waals surface area contributed by atoms with Crippen LogP contribution < -0.4 is 10.6 Å². The lowest BCUT2D eigenvalue weighted by atomic mass is 9.81. The lowest BCUT2D eigenvalue weighted by Gasteiger charge is -2.42. The molecule has 2 aliphatic heterocycles. The fraction of sp³-hybridized carbons (Fsp3) is 0.667. The van der Waals surface area contributed by atoms with Crippen molar-refractivity contribution in [3.63, 3.8) is 0 Å². The first kappa shape index (κ1) is 21.2. The van der Waals surface area contributed by atoms with Crippen LogP contribution in [0.1, 0.15) is 62.5 Å². The number of ether oxygens (including phenoxy) is 1. The van der Waals surface area contributed by atoms with Gasteiger partial charge in [0.1, 0.15) is 5.60 Å². The minimum atomic E-state index is -0.517. The van der Waals surface area contributed by atoms with Crippen LogP contribution in [0.5, 0.6) is 0 Å². The number of aryl methyl sites for hydroxylation is 1. The highest BCUT2D eigenvalue weighted by Crippen LogP contribution is 2.27. The lowest BCUT2D eigenvalue weighted by molar-refractivity contribution is -0.124. The molecule has 2 aliphatic rings.